The summed E-state index contributed by atoms with van der Waals surface area (Å²) in [5, 5.41) is 11.5. The van der Waals surface area contributed by atoms with Crippen LogP contribution < -0.4 is 5.32 Å². The van der Waals surface area contributed by atoms with Crippen molar-refractivity contribution < 1.29 is 4.74 Å². The molecule has 2 aliphatic heterocycles. The predicted molar refractivity (Wildman–Crippen MR) is 54.1 cm³/mol. The van der Waals surface area contributed by atoms with Crippen LogP contribution in [-0.2, 0) is 18.3 Å². The first-order valence-corrected chi connectivity index (χ1v) is 5.55. The van der Waals surface area contributed by atoms with Gasteiger partial charge in [-0.05, 0) is 19.3 Å². The summed E-state index contributed by atoms with van der Waals surface area (Å²) in [4.78, 5) is 0. The Kier molecular flexibility index (Phi) is 2.21. The van der Waals surface area contributed by atoms with Gasteiger partial charge in [0, 0.05) is 25.8 Å². The molecule has 3 rings (SSSR count). The SMILES string of the molecule is Cn1cc(CNC2CC3CCC2O3)nn1. The molecule has 0 spiro atoms. The number of hydrogen-bond donors (Lipinski definition) is 1. The van der Waals surface area contributed by atoms with Crippen LogP contribution in [0.25, 0.3) is 0 Å². The summed E-state index contributed by atoms with van der Waals surface area (Å²) in [6.45, 7) is 0.797. The molecule has 2 fully saturated rings. The molecule has 15 heavy (non-hydrogen) atoms. The molecule has 3 heterocycles. The zero-order chi connectivity index (χ0) is 10.3. The van der Waals surface area contributed by atoms with Crippen molar-refractivity contribution in [3.05, 3.63) is 11.9 Å². The normalized spacial score (nSPS) is 33.8. The smallest absolute Gasteiger partial charge is 0.0964 e. The first kappa shape index (κ1) is 9.30. The zero-order valence-electron chi connectivity index (χ0n) is 8.89. The van der Waals surface area contributed by atoms with Gasteiger partial charge >= 0.3 is 0 Å². The first-order valence-electron chi connectivity index (χ1n) is 5.55. The van der Waals surface area contributed by atoms with Gasteiger partial charge in [0.05, 0.1) is 17.9 Å². The van der Waals surface area contributed by atoms with Crippen LogP contribution >= 0.6 is 0 Å². The Hall–Kier alpha value is -0.940. The summed E-state index contributed by atoms with van der Waals surface area (Å²) in [5.74, 6) is 0. The van der Waals surface area contributed by atoms with Crippen molar-refractivity contribution in [2.45, 2.75) is 44.1 Å². The summed E-state index contributed by atoms with van der Waals surface area (Å²) in [6.07, 6.45) is 6.50. The van der Waals surface area contributed by atoms with Crippen molar-refractivity contribution in [2.75, 3.05) is 0 Å². The van der Waals surface area contributed by atoms with Gasteiger partial charge in [-0.1, -0.05) is 5.21 Å². The molecule has 82 valence electrons. The molecule has 5 heteroatoms. The van der Waals surface area contributed by atoms with E-state index in [9.17, 15) is 0 Å². The van der Waals surface area contributed by atoms with Gasteiger partial charge in [0.1, 0.15) is 0 Å². The summed E-state index contributed by atoms with van der Waals surface area (Å²) < 4.78 is 7.51. The minimum atomic E-state index is 0.437. The Bertz CT molecular complexity index is 351. The maximum absolute atomic E-state index is 5.77. The summed E-state index contributed by atoms with van der Waals surface area (Å²) >= 11 is 0. The molecule has 2 aliphatic rings. The van der Waals surface area contributed by atoms with E-state index in [2.05, 4.69) is 15.6 Å². The third-order valence-electron chi connectivity index (χ3n) is 3.30. The quantitative estimate of drug-likeness (QED) is 0.772. The van der Waals surface area contributed by atoms with E-state index in [4.69, 9.17) is 4.74 Å². The Morgan fingerprint density at radius 2 is 2.53 bits per heavy atom. The second-order valence-corrected chi connectivity index (χ2v) is 4.48. The van der Waals surface area contributed by atoms with E-state index < -0.39 is 0 Å². The lowest BCUT2D eigenvalue weighted by Gasteiger charge is -2.19. The van der Waals surface area contributed by atoms with Gasteiger partial charge in [-0.25, -0.2) is 0 Å². The average molecular weight is 208 g/mol. The summed E-state index contributed by atoms with van der Waals surface area (Å²) in [5.41, 5.74) is 1.00. The molecule has 5 nitrogen and oxygen atoms in total. The van der Waals surface area contributed by atoms with Crippen molar-refractivity contribution in [3.63, 3.8) is 0 Å². The molecule has 1 N–H and O–H groups in total. The topological polar surface area (TPSA) is 52.0 Å². The maximum atomic E-state index is 5.77. The molecule has 0 saturated carbocycles. The molecule has 3 atom stereocenters. The van der Waals surface area contributed by atoms with Gasteiger partial charge in [0.25, 0.3) is 0 Å². The number of rotatable bonds is 3. The number of fused-ring (bicyclic) bond motifs is 2. The van der Waals surface area contributed by atoms with Crippen LogP contribution in [0.1, 0.15) is 25.0 Å². The van der Waals surface area contributed by atoms with E-state index in [-0.39, 0.29) is 0 Å². The fourth-order valence-corrected chi connectivity index (χ4v) is 2.56. The number of nitrogens with zero attached hydrogens (tertiary/aromatic N) is 3. The summed E-state index contributed by atoms with van der Waals surface area (Å²) in [6, 6.07) is 0.519. The summed E-state index contributed by atoms with van der Waals surface area (Å²) in [7, 11) is 1.89. The van der Waals surface area contributed by atoms with Crippen LogP contribution in [0.2, 0.25) is 0 Å². The van der Waals surface area contributed by atoms with Crippen molar-refractivity contribution in [1.29, 1.82) is 0 Å². The lowest BCUT2D eigenvalue weighted by molar-refractivity contribution is 0.0972. The average Bonchev–Trinajstić information content (AvgIpc) is 2.90. The highest BCUT2D eigenvalue weighted by Gasteiger charge is 2.40. The van der Waals surface area contributed by atoms with E-state index >= 15 is 0 Å². The Morgan fingerprint density at radius 3 is 3.13 bits per heavy atom. The van der Waals surface area contributed by atoms with Crippen LogP contribution in [0, 0.1) is 0 Å². The number of nitrogens with one attached hydrogen (secondary N) is 1. The van der Waals surface area contributed by atoms with E-state index in [0.717, 1.165) is 18.7 Å². The standard InChI is InChI=1S/C10H16N4O/c1-14-6-7(12-13-14)5-11-9-4-8-2-3-10(9)15-8/h6,8-11H,2-5H2,1H3. The molecule has 0 aromatic carbocycles. The van der Waals surface area contributed by atoms with Crippen molar-refractivity contribution >= 4 is 0 Å². The van der Waals surface area contributed by atoms with Crippen molar-refractivity contribution in [1.82, 2.24) is 20.3 Å². The van der Waals surface area contributed by atoms with E-state index in [1.165, 1.54) is 12.8 Å². The number of ether oxygens (including phenoxy) is 1. The minimum Gasteiger partial charge on any atom is -0.373 e. The number of hydrogen-bond acceptors (Lipinski definition) is 4. The second kappa shape index (κ2) is 3.57. The van der Waals surface area contributed by atoms with Gasteiger partial charge in [0.15, 0.2) is 0 Å². The predicted octanol–water partition coefficient (Wildman–Crippen LogP) is 0.225. The Balaban J connectivity index is 1.54. The molecule has 3 unspecified atom stereocenters. The number of aryl methyl sites for hydroxylation is 1. The van der Waals surface area contributed by atoms with E-state index in [1.807, 2.05) is 13.2 Å². The van der Waals surface area contributed by atoms with Gasteiger partial charge in [-0.2, -0.15) is 0 Å². The molecular weight excluding hydrogens is 192 g/mol. The van der Waals surface area contributed by atoms with Crippen LogP contribution in [0.4, 0.5) is 0 Å². The lowest BCUT2D eigenvalue weighted by Crippen LogP contribution is -2.37. The fourth-order valence-electron chi connectivity index (χ4n) is 2.56. The zero-order valence-corrected chi connectivity index (χ0v) is 8.89. The first-order chi connectivity index (χ1) is 7.31. The van der Waals surface area contributed by atoms with Crippen LogP contribution in [0.3, 0.4) is 0 Å². The second-order valence-electron chi connectivity index (χ2n) is 4.48. The van der Waals surface area contributed by atoms with Crippen LogP contribution in [0.15, 0.2) is 6.20 Å². The van der Waals surface area contributed by atoms with Crippen molar-refractivity contribution in [3.8, 4) is 0 Å². The van der Waals surface area contributed by atoms with E-state index in [1.54, 1.807) is 4.68 Å². The molecule has 0 aliphatic carbocycles. The fraction of sp³-hybridized carbons (Fsp3) is 0.800. The number of aromatic nitrogens is 3. The third kappa shape index (κ3) is 1.77. The van der Waals surface area contributed by atoms with Gasteiger partial charge < -0.3 is 10.1 Å². The largest absolute Gasteiger partial charge is 0.373 e. The Labute approximate surface area is 88.8 Å². The van der Waals surface area contributed by atoms with Gasteiger partial charge in [-0.15, -0.1) is 5.10 Å². The maximum Gasteiger partial charge on any atom is 0.0964 e. The molecule has 2 bridgehead atoms. The lowest BCUT2D eigenvalue weighted by atomic mass is 9.95. The molecule has 1 aromatic heterocycles. The highest BCUT2D eigenvalue weighted by molar-refractivity contribution is 4.97. The molecule has 2 saturated heterocycles. The molecule has 0 amide bonds. The minimum absolute atomic E-state index is 0.437. The third-order valence-corrected chi connectivity index (χ3v) is 3.30. The van der Waals surface area contributed by atoms with Gasteiger partial charge in [-0.3, -0.25) is 4.68 Å². The monoisotopic (exact) mass is 208 g/mol. The highest BCUT2D eigenvalue weighted by Crippen LogP contribution is 2.34. The Morgan fingerprint density at radius 1 is 1.60 bits per heavy atom. The molecular formula is C10H16N4O. The van der Waals surface area contributed by atoms with E-state index in [0.29, 0.717) is 18.2 Å². The van der Waals surface area contributed by atoms with Crippen LogP contribution in [-0.4, -0.2) is 33.2 Å². The van der Waals surface area contributed by atoms with Crippen molar-refractivity contribution in [2.24, 2.45) is 7.05 Å². The van der Waals surface area contributed by atoms with Gasteiger partial charge in [0.2, 0.25) is 0 Å². The highest BCUT2D eigenvalue weighted by atomic mass is 16.5. The molecule has 1 aromatic rings. The molecule has 0 radical (unpaired) electrons. The van der Waals surface area contributed by atoms with Crippen LogP contribution in [0.5, 0.6) is 0 Å².